The number of hydrogen-bond donors (Lipinski definition) is 1. The molecule has 0 aliphatic carbocycles. The number of nitrogens with zero attached hydrogens (tertiary/aromatic N) is 1. The van der Waals surface area contributed by atoms with E-state index in [-0.39, 0.29) is 0 Å². The standard InChI is InChI=1S/C14H20N2O/c1-4-11-17-14-7-5-13(6-8-14)12-15-9-10-16(2)3/h1,5-8,15H,9-12H2,2-3H3. The molecule has 0 aliphatic rings. The van der Waals surface area contributed by atoms with E-state index in [1.54, 1.807) is 0 Å². The summed E-state index contributed by atoms with van der Waals surface area (Å²) in [4.78, 5) is 2.16. The van der Waals surface area contributed by atoms with Gasteiger partial charge in [0.25, 0.3) is 0 Å². The summed E-state index contributed by atoms with van der Waals surface area (Å²) < 4.78 is 5.30. The molecular weight excluding hydrogens is 212 g/mol. The molecule has 0 saturated heterocycles. The largest absolute Gasteiger partial charge is 0.481 e. The van der Waals surface area contributed by atoms with Crippen LogP contribution in [0, 0.1) is 12.3 Å². The first-order chi connectivity index (χ1) is 8.22. The highest BCUT2D eigenvalue weighted by molar-refractivity contribution is 5.27. The molecule has 0 spiro atoms. The molecule has 0 saturated carbocycles. The lowest BCUT2D eigenvalue weighted by Crippen LogP contribution is -2.26. The number of rotatable bonds is 7. The Bertz CT molecular complexity index is 351. The molecule has 17 heavy (non-hydrogen) atoms. The van der Waals surface area contributed by atoms with Gasteiger partial charge in [0.15, 0.2) is 0 Å². The van der Waals surface area contributed by atoms with Gasteiger partial charge in [0.05, 0.1) is 0 Å². The quantitative estimate of drug-likeness (QED) is 0.567. The van der Waals surface area contributed by atoms with E-state index in [0.717, 1.165) is 25.4 Å². The van der Waals surface area contributed by atoms with E-state index in [9.17, 15) is 0 Å². The van der Waals surface area contributed by atoms with E-state index in [1.165, 1.54) is 5.56 Å². The average Bonchev–Trinajstić information content (AvgIpc) is 2.33. The molecule has 0 radical (unpaired) electrons. The Balaban J connectivity index is 2.28. The predicted molar refractivity (Wildman–Crippen MR) is 71.0 cm³/mol. The van der Waals surface area contributed by atoms with E-state index in [0.29, 0.717) is 6.61 Å². The van der Waals surface area contributed by atoms with Crippen LogP contribution in [-0.2, 0) is 6.54 Å². The summed E-state index contributed by atoms with van der Waals surface area (Å²) in [6.07, 6.45) is 5.12. The van der Waals surface area contributed by atoms with E-state index in [2.05, 4.69) is 42.4 Å². The number of likely N-dealkylation sites (N-methyl/N-ethyl adjacent to an activating group) is 1. The normalized spacial score (nSPS) is 10.2. The number of hydrogen-bond acceptors (Lipinski definition) is 3. The highest BCUT2D eigenvalue weighted by Gasteiger charge is 1.95. The molecule has 1 aromatic carbocycles. The van der Waals surface area contributed by atoms with Gasteiger partial charge >= 0.3 is 0 Å². The van der Waals surface area contributed by atoms with Crippen LogP contribution >= 0.6 is 0 Å². The second-order valence-corrected chi connectivity index (χ2v) is 4.12. The van der Waals surface area contributed by atoms with Crippen LogP contribution in [0.5, 0.6) is 5.75 Å². The van der Waals surface area contributed by atoms with Gasteiger partial charge in [0.2, 0.25) is 0 Å². The predicted octanol–water partition coefficient (Wildman–Crippen LogP) is 1.35. The average molecular weight is 232 g/mol. The van der Waals surface area contributed by atoms with Gasteiger partial charge in [-0.1, -0.05) is 18.1 Å². The van der Waals surface area contributed by atoms with Crippen LogP contribution in [0.2, 0.25) is 0 Å². The van der Waals surface area contributed by atoms with Crippen molar-refractivity contribution in [2.45, 2.75) is 6.54 Å². The summed E-state index contributed by atoms with van der Waals surface area (Å²) in [5.74, 6) is 3.26. The van der Waals surface area contributed by atoms with Gasteiger partial charge in [0, 0.05) is 19.6 Å². The van der Waals surface area contributed by atoms with Crippen molar-refractivity contribution in [1.82, 2.24) is 10.2 Å². The third kappa shape index (κ3) is 5.96. The van der Waals surface area contributed by atoms with Crippen LogP contribution in [0.3, 0.4) is 0 Å². The first kappa shape index (κ1) is 13.6. The fraction of sp³-hybridized carbons (Fsp3) is 0.429. The Labute approximate surface area is 104 Å². The second-order valence-electron chi connectivity index (χ2n) is 4.12. The van der Waals surface area contributed by atoms with Crippen LogP contribution in [-0.4, -0.2) is 38.7 Å². The van der Waals surface area contributed by atoms with Gasteiger partial charge in [-0.2, -0.15) is 0 Å². The Kier molecular flexibility index (Phi) is 6.16. The molecule has 0 aromatic heterocycles. The minimum Gasteiger partial charge on any atom is -0.481 e. The Morgan fingerprint density at radius 3 is 2.59 bits per heavy atom. The zero-order valence-corrected chi connectivity index (χ0v) is 10.6. The van der Waals surface area contributed by atoms with E-state index in [4.69, 9.17) is 11.2 Å². The lowest BCUT2D eigenvalue weighted by Gasteiger charge is -2.10. The van der Waals surface area contributed by atoms with Crippen molar-refractivity contribution >= 4 is 0 Å². The smallest absolute Gasteiger partial charge is 0.148 e. The van der Waals surface area contributed by atoms with Crippen molar-refractivity contribution < 1.29 is 4.74 Å². The van der Waals surface area contributed by atoms with Gasteiger partial charge in [-0.05, 0) is 31.8 Å². The number of benzene rings is 1. The first-order valence-electron chi connectivity index (χ1n) is 5.73. The first-order valence-corrected chi connectivity index (χ1v) is 5.73. The van der Waals surface area contributed by atoms with E-state index < -0.39 is 0 Å². The SMILES string of the molecule is C#CCOc1ccc(CNCCN(C)C)cc1. The molecule has 0 fully saturated rings. The Morgan fingerprint density at radius 2 is 2.00 bits per heavy atom. The summed E-state index contributed by atoms with van der Waals surface area (Å²) in [5.41, 5.74) is 1.25. The number of ether oxygens (including phenoxy) is 1. The lowest BCUT2D eigenvalue weighted by molar-refractivity contribution is 0.370. The van der Waals surface area contributed by atoms with Crippen LogP contribution in [0.4, 0.5) is 0 Å². The fourth-order valence-electron chi connectivity index (χ4n) is 1.36. The molecule has 3 nitrogen and oxygen atoms in total. The number of terminal acetylenes is 1. The van der Waals surface area contributed by atoms with Crippen molar-refractivity contribution in [2.24, 2.45) is 0 Å². The zero-order valence-electron chi connectivity index (χ0n) is 10.6. The van der Waals surface area contributed by atoms with Crippen molar-refractivity contribution in [3.63, 3.8) is 0 Å². The van der Waals surface area contributed by atoms with E-state index in [1.807, 2.05) is 12.1 Å². The molecule has 1 rings (SSSR count). The van der Waals surface area contributed by atoms with Gasteiger partial charge in [0.1, 0.15) is 12.4 Å². The highest BCUT2D eigenvalue weighted by Crippen LogP contribution is 2.11. The third-order valence-electron chi connectivity index (χ3n) is 2.31. The minimum absolute atomic E-state index is 0.320. The molecule has 3 heteroatoms. The molecule has 92 valence electrons. The second kappa shape index (κ2) is 7.72. The van der Waals surface area contributed by atoms with Crippen molar-refractivity contribution in [3.8, 4) is 18.1 Å². The summed E-state index contributed by atoms with van der Waals surface area (Å²) in [6.45, 7) is 3.23. The van der Waals surface area contributed by atoms with Crippen molar-refractivity contribution in [1.29, 1.82) is 0 Å². The third-order valence-corrected chi connectivity index (χ3v) is 2.31. The lowest BCUT2D eigenvalue weighted by atomic mass is 10.2. The highest BCUT2D eigenvalue weighted by atomic mass is 16.5. The van der Waals surface area contributed by atoms with Gasteiger partial charge in [-0.25, -0.2) is 0 Å². The van der Waals surface area contributed by atoms with Crippen molar-refractivity contribution in [2.75, 3.05) is 33.8 Å². The molecule has 0 amide bonds. The summed E-state index contributed by atoms with van der Waals surface area (Å²) in [7, 11) is 4.14. The molecule has 0 bridgehead atoms. The molecule has 1 N–H and O–H groups in total. The topological polar surface area (TPSA) is 24.5 Å². The molecule has 0 unspecified atom stereocenters. The summed E-state index contributed by atoms with van der Waals surface area (Å²) in [5, 5.41) is 3.38. The van der Waals surface area contributed by atoms with Gasteiger partial charge < -0.3 is 15.0 Å². The number of nitrogens with one attached hydrogen (secondary N) is 1. The Morgan fingerprint density at radius 1 is 1.29 bits per heavy atom. The molecular formula is C14H20N2O. The minimum atomic E-state index is 0.320. The zero-order chi connectivity index (χ0) is 12.5. The summed E-state index contributed by atoms with van der Waals surface area (Å²) in [6, 6.07) is 7.99. The monoisotopic (exact) mass is 232 g/mol. The van der Waals surface area contributed by atoms with Crippen molar-refractivity contribution in [3.05, 3.63) is 29.8 Å². The van der Waals surface area contributed by atoms with Gasteiger partial charge in [-0.3, -0.25) is 0 Å². The fourth-order valence-corrected chi connectivity index (χ4v) is 1.36. The maximum absolute atomic E-state index is 5.30. The van der Waals surface area contributed by atoms with Crippen LogP contribution in [0.25, 0.3) is 0 Å². The molecule has 0 aliphatic heterocycles. The van der Waals surface area contributed by atoms with Crippen LogP contribution in [0.1, 0.15) is 5.56 Å². The van der Waals surface area contributed by atoms with Gasteiger partial charge in [-0.15, -0.1) is 6.42 Å². The summed E-state index contributed by atoms with van der Waals surface area (Å²) >= 11 is 0. The van der Waals surface area contributed by atoms with Crippen LogP contribution < -0.4 is 10.1 Å². The molecule has 1 aromatic rings. The van der Waals surface area contributed by atoms with E-state index >= 15 is 0 Å². The van der Waals surface area contributed by atoms with Crippen LogP contribution in [0.15, 0.2) is 24.3 Å². The Hall–Kier alpha value is -1.50. The maximum Gasteiger partial charge on any atom is 0.148 e. The maximum atomic E-state index is 5.30. The molecule has 0 heterocycles. The molecule has 0 atom stereocenters.